The highest BCUT2D eigenvalue weighted by Gasteiger charge is 2.09. The highest BCUT2D eigenvalue weighted by atomic mass is 16.5. The third kappa shape index (κ3) is 6.89. The zero-order chi connectivity index (χ0) is 22.2. The maximum absolute atomic E-state index is 12.3. The number of ether oxygens (including phenoxy) is 2. The molecule has 2 N–H and O–H groups in total. The maximum Gasteiger partial charge on any atom is 0.262 e. The van der Waals surface area contributed by atoms with Gasteiger partial charge in [-0.05, 0) is 62.7 Å². The van der Waals surface area contributed by atoms with Crippen LogP contribution in [0.1, 0.15) is 16.7 Å². The minimum atomic E-state index is -0.288. The highest BCUT2D eigenvalue weighted by molar-refractivity contribution is 5.95. The molecule has 2 amide bonds. The van der Waals surface area contributed by atoms with Crippen LogP contribution in [0.15, 0.2) is 66.7 Å². The van der Waals surface area contributed by atoms with E-state index in [-0.39, 0.29) is 25.0 Å². The molecule has 0 spiro atoms. The van der Waals surface area contributed by atoms with Crippen molar-refractivity contribution in [3.63, 3.8) is 0 Å². The van der Waals surface area contributed by atoms with Gasteiger partial charge in [-0.1, -0.05) is 41.5 Å². The quantitative estimate of drug-likeness (QED) is 0.558. The van der Waals surface area contributed by atoms with Crippen LogP contribution in [-0.2, 0) is 9.59 Å². The molecule has 160 valence electrons. The second kappa shape index (κ2) is 10.3. The second-order valence-electron chi connectivity index (χ2n) is 7.33. The Morgan fingerprint density at radius 1 is 0.677 bits per heavy atom. The number of benzene rings is 3. The van der Waals surface area contributed by atoms with Crippen LogP contribution in [0.4, 0.5) is 11.4 Å². The molecule has 0 aliphatic carbocycles. The number of carbonyl (C=O) groups is 2. The normalized spacial score (nSPS) is 10.3. The lowest BCUT2D eigenvalue weighted by atomic mass is 10.1. The molecule has 0 fully saturated rings. The molecule has 0 saturated heterocycles. The Balaban J connectivity index is 1.52. The monoisotopic (exact) mass is 418 g/mol. The molecule has 0 aliphatic rings. The molecule has 0 bridgehead atoms. The minimum Gasteiger partial charge on any atom is -0.484 e. The number of nitrogens with one attached hydrogen (secondary N) is 2. The summed E-state index contributed by atoms with van der Waals surface area (Å²) >= 11 is 0. The molecule has 3 aromatic rings. The van der Waals surface area contributed by atoms with Gasteiger partial charge in [-0.25, -0.2) is 0 Å². The number of rotatable bonds is 8. The Kier molecular flexibility index (Phi) is 7.27. The Hall–Kier alpha value is -3.80. The smallest absolute Gasteiger partial charge is 0.262 e. The maximum atomic E-state index is 12.3. The van der Waals surface area contributed by atoms with E-state index < -0.39 is 0 Å². The zero-order valence-corrected chi connectivity index (χ0v) is 17.9. The van der Waals surface area contributed by atoms with E-state index in [4.69, 9.17) is 9.47 Å². The van der Waals surface area contributed by atoms with Crippen molar-refractivity contribution in [1.82, 2.24) is 0 Å². The third-order valence-electron chi connectivity index (χ3n) is 4.58. The number of anilines is 2. The van der Waals surface area contributed by atoms with E-state index in [1.54, 1.807) is 12.1 Å². The first-order valence-electron chi connectivity index (χ1n) is 9.98. The van der Waals surface area contributed by atoms with Crippen LogP contribution in [0.25, 0.3) is 0 Å². The summed E-state index contributed by atoms with van der Waals surface area (Å²) in [4.78, 5) is 24.5. The number of amides is 2. The van der Waals surface area contributed by atoms with Crippen molar-refractivity contribution >= 4 is 23.2 Å². The second-order valence-corrected chi connectivity index (χ2v) is 7.33. The van der Waals surface area contributed by atoms with Gasteiger partial charge in [-0.15, -0.1) is 0 Å². The van der Waals surface area contributed by atoms with Gasteiger partial charge in [0.2, 0.25) is 0 Å². The Morgan fingerprint density at radius 3 is 1.68 bits per heavy atom. The van der Waals surface area contributed by atoms with Crippen LogP contribution in [-0.4, -0.2) is 25.0 Å². The van der Waals surface area contributed by atoms with Crippen molar-refractivity contribution < 1.29 is 19.1 Å². The molecule has 3 rings (SSSR count). The molecule has 31 heavy (non-hydrogen) atoms. The molecule has 0 atom stereocenters. The fourth-order valence-electron chi connectivity index (χ4n) is 2.78. The average molecular weight is 418 g/mol. The molecule has 0 aromatic heterocycles. The van der Waals surface area contributed by atoms with E-state index in [0.717, 1.165) is 16.7 Å². The summed E-state index contributed by atoms with van der Waals surface area (Å²) in [5, 5.41) is 5.60. The average Bonchev–Trinajstić information content (AvgIpc) is 2.75. The Labute approximate surface area is 182 Å². The van der Waals surface area contributed by atoms with E-state index in [2.05, 4.69) is 10.6 Å². The minimum absolute atomic E-state index is 0.108. The van der Waals surface area contributed by atoms with Crippen LogP contribution in [0.3, 0.4) is 0 Å². The molecule has 6 heteroatoms. The van der Waals surface area contributed by atoms with Crippen LogP contribution < -0.4 is 20.1 Å². The predicted molar refractivity (Wildman–Crippen MR) is 122 cm³/mol. The summed E-state index contributed by atoms with van der Waals surface area (Å²) in [6.07, 6.45) is 0. The lowest BCUT2D eigenvalue weighted by molar-refractivity contribution is -0.118. The SMILES string of the molecule is Cc1ccc(OCC(=O)Nc2ccc(C)c(NC(=O)COc3ccc(C)cc3)c2)cc1. The van der Waals surface area contributed by atoms with Crippen molar-refractivity contribution in [2.24, 2.45) is 0 Å². The first-order chi connectivity index (χ1) is 14.9. The van der Waals surface area contributed by atoms with Crippen molar-refractivity contribution in [2.45, 2.75) is 20.8 Å². The lowest BCUT2D eigenvalue weighted by Gasteiger charge is -2.13. The predicted octanol–water partition coefficient (Wildman–Crippen LogP) is 4.65. The number of hydrogen-bond acceptors (Lipinski definition) is 4. The summed E-state index contributed by atoms with van der Waals surface area (Å²) < 4.78 is 11.0. The van der Waals surface area contributed by atoms with Gasteiger partial charge in [0.1, 0.15) is 11.5 Å². The largest absolute Gasteiger partial charge is 0.484 e. The summed E-state index contributed by atoms with van der Waals surface area (Å²) in [6.45, 7) is 5.63. The van der Waals surface area contributed by atoms with Gasteiger partial charge in [0.15, 0.2) is 13.2 Å². The van der Waals surface area contributed by atoms with E-state index in [9.17, 15) is 9.59 Å². The highest BCUT2D eigenvalue weighted by Crippen LogP contribution is 2.21. The first kappa shape index (κ1) is 21.9. The van der Waals surface area contributed by atoms with Crippen molar-refractivity contribution in [3.8, 4) is 11.5 Å². The summed E-state index contributed by atoms with van der Waals surface area (Å²) in [6, 6.07) is 20.3. The van der Waals surface area contributed by atoms with Crippen LogP contribution in [0.5, 0.6) is 11.5 Å². The number of carbonyl (C=O) groups excluding carboxylic acids is 2. The topological polar surface area (TPSA) is 76.7 Å². The van der Waals surface area contributed by atoms with Gasteiger partial charge in [0.25, 0.3) is 11.8 Å². The number of hydrogen-bond donors (Lipinski definition) is 2. The molecule has 0 radical (unpaired) electrons. The summed E-state index contributed by atoms with van der Waals surface area (Å²) in [5.41, 5.74) is 4.29. The molecule has 3 aromatic carbocycles. The van der Waals surface area contributed by atoms with Crippen LogP contribution >= 0.6 is 0 Å². The summed E-state index contributed by atoms with van der Waals surface area (Å²) in [5.74, 6) is 0.692. The molecular formula is C25H26N2O4. The van der Waals surface area contributed by atoms with Gasteiger partial charge >= 0.3 is 0 Å². The third-order valence-corrected chi connectivity index (χ3v) is 4.58. The van der Waals surface area contributed by atoms with Crippen LogP contribution in [0, 0.1) is 20.8 Å². The molecular weight excluding hydrogens is 392 g/mol. The van der Waals surface area contributed by atoms with Crippen molar-refractivity contribution in [2.75, 3.05) is 23.8 Å². The zero-order valence-electron chi connectivity index (χ0n) is 17.9. The lowest BCUT2D eigenvalue weighted by Crippen LogP contribution is -2.22. The fraction of sp³-hybridized carbons (Fsp3) is 0.200. The van der Waals surface area contributed by atoms with Crippen molar-refractivity contribution in [1.29, 1.82) is 0 Å². The molecule has 0 aliphatic heterocycles. The molecule has 6 nitrogen and oxygen atoms in total. The van der Waals surface area contributed by atoms with E-state index in [1.807, 2.05) is 75.4 Å². The van der Waals surface area contributed by atoms with E-state index >= 15 is 0 Å². The Morgan fingerprint density at radius 2 is 1.16 bits per heavy atom. The number of aryl methyl sites for hydroxylation is 3. The van der Waals surface area contributed by atoms with Crippen molar-refractivity contribution in [3.05, 3.63) is 83.4 Å². The Bertz CT molecular complexity index is 1040. The van der Waals surface area contributed by atoms with Gasteiger partial charge in [0.05, 0.1) is 0 Å². The van der Waals surface area contributed by atoms with Gasteiger partial charge < -0.3 is 20.1 Å². The van der Waals surface area contributed by atoms with E-state index in [1.165, 1.54) is 0 Å². The first-order valence-corrected chi connectivity index (χ1v) is 9.98. The standard InChI is InChI=1S/C25H26N2O4/c1-17-4-10-21(11-5-17)30-15-24(28)26-20-9-8-19(3)23(14-20)27-25(29)16-31-22-12-6-18(2)7-13-22/h4-14H,15-16H2,1-3H3,(H,26,28)(H,27,29). The fourth-order valence-corrected chi connectivity index (χ4v) is 2.78. The molecule has 0 heterocycles. The van der Waals surface area contributed by atoms with Crippen LogP contribution in [0.2, 0.25) is 0 Å². The van der Waals surface area contributed by atoms with E-state index in [0.29, 0.717) is 22.9 Å². The molecule has 0 saturated carbocycles. The summed E-state index contributed by atoms with van der Waals surface area (Å²) in [7, 11) is 0. The molecule has 0 unspecified atom stereocenters. The van der Waals surface area contributed by atoms with Gasteiger partial charge in [0, 0.05) is 11.4 Å². The van der Waals surface area contributed by atoms with Gasteiger partial charge in [-0.2, -0.15) is 0 Å². The van der Waals surface area contributed by atoms with Gasteiger partial charge in [-0.3, -0.25) is 9.59 Å².